The molecule has 112 valence electrons. The van der Waals surface area contributed by atoms with Gasteiger partial charge in [0, 0.05) is 11.6 Å². The van der Waals surface area contributed by atoms with Crippen LogP contribution in [0.3, 0.4) is 0 Å². The summed E-state index contributed by atoms with van der Waals surface area (Å²) in [7, 11) is -3.78. The molecule has 21 heavy (non-hydrogen) atoms. The fraction of sp³-hybridized carbons (Fsp3) is 0.143. The Morgan fingerprint density at radius 1 is 1.29 bits per heavy atom. The third kappa shape index (κ3) is 3.72. The van der Waals surface area contributed by atoms with Gasteiger partial charge in [0.1, 0.15) is 5.82 Å². The van der Waals surface area contributed by atoms with E-state index in [1.165, 1.54) is 6.92 Å². The molecule has 0 spiro atoms. The predicted octanol–water partition coefficient (Wildman–Crippen LogP) is 2.85. The van der Waals surface area contributed by atoms with E-state index in [9.17, 15) is 12.8 Å². The maximum atomic E-state index is 13.3. The van der Waals surface area contributed by atoms with Crippen LogP contribution < -0.4 is 10.5 Å². The number of sulfonamides is 1. The molecule has 0 amide bonds. The maximum absolute atomic E-state index is 13.3. The fourth-order valence-electron chi connectivity index (χ4n) is 1.86. The van der Waals surface area contributed by atoms with E-state index in [4.69, 9.17) is 17.3 Å². The molecular formula is C14H14ClFN2O2S. The number of hydrogen-bond acceptors (Lipinski definition) is 3. The summed E-state index contributed by atoms with van der Waals surface area (Å²) in [6.07, 6.45) is 0. The van der Waals surface area contributed by atoms with Crippen LogP contribution in [0.4, 0.5) is 10.1 Å². The van der Waals surface area contributed by atoms with Gasteiger partial charge in [-0.2, -0.15) is 0 Å². The van der Waals surface area contributed by atoms with Gasteiger partial charge in [0.25, 0.3) is 0 Å². The number of hydrogen-bond donors (Lipinski definition) is 2. The lowest BCUT2D eigenvalue weighted by Gasteiger charge is -2.11. The number of benzene rings is 2. The van der Waals surface area contributed by atoms with Crippen LogP contribution in [0.1, 0.15) is 11.1 Å². The summed E-state index contributed by atoms with van der Waals surface area (Å²) in [6, 6.07) is 9.06. The molecule has 0 aromatic heterocycles. The monoisotopic (exact) mass is 328 g/mol. The Morgan fingerprint density at radius 3 is 2.67 bits per heavy atom. The van der Waals surface area contributed by atoms with Gasteiger partial charge < -0.3 is 5.73 Å². The highest BCUT2D eigenvalue weighted by molar-refractivity contribution is 7.89. The summed E-state index contributed by atoms with van der Waals surface area (Å²) >= 11 is 5.84. The summed E-state index contributed by atoms with van der Waals surface area (Å²) in [6.45, 7) is 1.59. The van der Waals surface area contributed by atoms with Gasteiger partial charge in [-0.15, -0.1) is 0 Å². The van der Waals surface area contributed by atoms with Gasteiger partial charge in [0.2, 0.25) is 10.0 Å². The van der Waals surface area contributed by atoms with E-state index in [1.54, 1.807) is 24.3 Å². The highest BCUT2D eigenvalue weighted by Crippen LogP contribution is 2.21. The van der Waals surface area contributed by atoms with E-state index >= 15 is 0 Å². The Labute approximate surface area is 127 Å². The first-order valence-corrected chi connectivity index (χ1v) is 7.95. The highest BCUT2D eigenvalue weighted by Gasteiger charge is 2.18. The smallest absolute Gasteiger partial charge is 0.241 e. The molecule has 0 atom stereocenters. The zero-order valence-electron chi connectivity index (χ0n) is 11.2. The van der Waals surface area contributed by atoms with Crippen LogP contribution in [-0.2, 0) is 16.6 Å². The molecule has 0 unspecified atom stereocenters. The van der Waals surface area contributed by atoms with Crippen LogP contribution in [0.2, 0.25) is 5.02 Å². The van der Waals surface area contributed by atoms with Gasteiger partial charge in [-0.05, 0) is 42.3 Å². The Bertz CT molecular complexity index is 779. The molecule has 2 aromatic rings. The van der Waals surface area contributed by atoms with Crippen molar-refractivity contribution < 1.29 is 12.8 Å². The Morgan fingerprint density at radius 2 is 2.00 bits per heavy atom. The van der Waals surface area contributed by atoms with E-state index in [0.29, 0.717) is 10.6 Å². The normalized spacial score (nSPS) is 11.6. The molecule has 0 bridgehead atoms. The lowest BCUT2D eigenvalue weighted by molar-refractivity contribution is 0.579. The number of nitrogens with two attached hydrogens (primary N) is 1. The predicted molar refractivity (Wildman–Crippen MR) is 81.0 cm³/mol. The van der Waals surface area contributed by atoms with Crippen molar-refractivity contribution in [2.45, 2.75) is 18.4 Å². The molecule has 0 heterocycles. The van der Waals surface area contributed by atoms with Gasteiger partial charge in [0.15, 0.2) is 0 Å². The number of anilines is 1. The molecule has 3 N–H and O–H groups in total. The van der Waals surface area contributed by atoms with Crippen molar-refractivity contribution >= 4 is 27.3 Å². The Hall–Kier alpha value is -1.63. The van der Waals surface area contributed by atoms with Crippen molar-refractivity contribution in [2.24, 2.45) is 0 Å². The average molecular weight is 329 g/mol. The largest absolute Gasteiger partial charge is 0.396 e. The minimum absolute atomic E-state index is 0.0385. The minimum Gasteiger partial charge on any atom is -0.396 e. The molecule has 4 nitrogen and oxygen atoms in total. The standard InChI is InChI=1S/C14H14ClFN2O2S/c1-9-5-12(16)13(17)7-14(9)21(19,20)18-8-10-3-2-4-11(15)6-10/h2-7,18H,8,17H2,1H3. The van der Waals surface area contributed by atoms with Crippen molar-refractivity contribution in [1.29, 1.82) is 0 Å². The van der Waals surface area contributed by atoms with Crippen LogP contribution in [0, 0.1) is 12.7 Å². The quantitative estimate of drug-likeness (QED) is 0.848. The molecule has 0 fully saturated rings. The van der Waals surface area contributed by atoms with Crippen molar-refractivity contribution in [2.75, 3.05) is 5.73 Å². The summed E-state index contributed by atoms with van der Waals surface area (Å²) in [5, 5.41) is 0.522. The minimum atomic E-state index is -3.78. The first-order valence-electron chi connectivity index (χ1n) is 6.09. The van der Waals surface area contributed by atoms with Crippen molar-refractivity contribution in [3.8, 4) is 0 Å². The molecule has 2 aromatic carbocycles. The van der Waals surface area contributed by atoms with Gasteiger partial charge in [-0.3, -0.25) is 0 Å². The number of rotatable bonds is 4. The first-order chi connectivity index (χ1) is 9.79. The highest BCUT2D eigenvalue weighted by atomic mass is 35.5. The van der Waals surface area contributed by atoms with E-state index in [0.717, 1.165) is 17.7 Å². The molecule has 0 saturated carbocycles. The summed E-state index contributed by atoms with van der Waals surface area (Å²) in [5.74, 6) is -0.638. The number of aryl methyl sites for hydroxylation is 1. The first kappa shape index (κ1) is 15.8. The molecular weight excluding hydrogens is 315 g/mol. The van der Waals surface area contributed by atoms with Gasteiger partial charge in [-0.25, -0.2) is 17.5 Å². The topological polar surface area (TPSA) is 72.2 Å². The Balaban J connectivity index is 2.25. The SMILES string of the molecule is Cc1cc(F)c(N)cc1S(=O)(=O)NCc1cccc(Cl)c1. The van der Waals surface area contributed by atoms with Crippen LogP contribution >= 0.6 is 11.6 Å². The molecule has 7 heteroatoms. The third-order valence-electron chi connectivity index (χ3n) is 2.94. The second kappa shape index (κ2) is 6.01. The number of nitrogen functional groups attached to an aromatic ring is 1. The van der Waals surface area contributed by atoms with Gasteiger partial charge >= 0.3 is 0 Å². The third-order valence-corrected chi connectivity index (χ3v) is 4.72. The summed E-state index contributed by atoms with van der Waals surface area (Å²) < 4.78 is 40.2. The number of nitrogens with one attached hydrogen (secondary N) is 1. The second-order valence-corrected chi connectivity index (χ2v) is 6.77. The van der Waals surface area contributed by atoms with Gasteiger partial charge in [0.05, 0.1) is 10.6 Å². The van der Waals surface area contributed by atoms with E-state index in [1.807, 2.05) is 0 Å². The summed E-state index contributed by atoms with van der Waals surface area (Å²) in [5.41, 5.74) is 6.24. The molecule has 2 rings (SSSR count). The van der Waals surface area contributed by atoms with E-state index in [-0.39, 0.29) is 17.1 Å². The average Bonchev–Trinajstić information content (AvgIpc) is 2.41. The van der Waals surface area contributed by atoms with Crippen LogP contribution in [0.5, 0.6) is 0 Å². The van der Waals surface area contributed by atoms with Crippen LogP contribution in [0.25, 0.3) is 0 Å². The fourth-order valence-corrected chi connectivity index (χ4v) is 3.35. The zero-order valence-corrected chi connectivity index (χ0v) is 12.8. The lowest BCUT2D eigenvalue weighted by atomic mass is 10.2. The van der Waals surface area contributed by atoms with Crippen LogP contribution in [0.15, 0.2) is 41.3 Å². The molecule has 0 radical (unpaired) electrons. The van der Waals surface area contributed by atoms with E-state index < -0.39 is 15.8 Å². The lowest BCUT2D eigenvalue weighted by Crippen LogP contribution is -2.24. The number of halogens is 2. The van der Waals surface area contributed by atoms with Crippen LogP contribution in [-0.4, -0.2) is 8.42 Å². The molecule has 0 aliphatic heterocycles. The Kier molecular flexibility index (Phi) is 4.51. The van der Waals surface area contributed by atoms with Crippen molar-refractivity contribution in [3.05, 3.63) is 58.4 Å². The van der Waals surface area contributed by atoms with Crippen molar-refractivity contribution in [1.82, 2.24) is 4.72 Å². The van der Waals surface area contributed by atoms with E-state index in [2.05, 4.69) is 4.72 Å². The zero-order chi connectivity index (χ0) is 15.6. The summed E-state index contributed by atoms with van der Waals surface area (Å²) in [4.78, 5) is -0.0385. The van der Waals surface area contributed by atoms with Gasteiger partial charge in [-0.1, -0.05) is 23.7 Å². The maximum Gasteiger partial charge on any atom is 0.241 e. The molecule has 0 aliphatic carbocycles. The van der Waals surface area contributed by atoms with Crippen molar-refractivity contribution in [3.63, 3.8) is 0 Å². The second-order valence-electron chi connectivity index (χ2n) is 4.59. The molecule has 0 saturated heterocycles. The molecule has 0 aliphatic rings.